The van der Waals surface area contributed by atoms with Crippen LogP contribution in [0.15, 0.2) is 97.1 Å². The van der Waals surface area contributed by atoms with Gasteiger partial charge in [0.1, 0.15) is 48.8 Å². The summed E-state index contributed by atoms with van der Waals surface area (Å²) >= 11 is 0. The molecule has 0 aromatic heterocycles. The molecule has 1 aliphatic carbocycles. The molecule has 0 amide bonds. The summed E-state index contributed by atoms with van der Waals surface area (Å²) in [5, 5.41) is 9.42. The number of aliphatic hydroxyl groups is 1. The van der Waals surface area contributed by atoms with Crippen LogP contribution in [0, 0.1) is 5.92 Å². The number of hydrogen-bond donors (Lipinski definition) is 1. The summed E-state index contributed by atoms with van der Waals surface area (Å²) in [5.41, 5.74) is 5.41. The lowest BCUT2D eigenvalue weighted by Crippen LogP contribution is -2.26. The standard InChI is InChI=1S/C39H42O6/c1-38(2,28-8-14-32(15-9-28)41-22-35-24-43-35)27-4-6-29(7-5-27)39(3,30-10-16-33(17-11-30)42-23-36-25-44-36)31-12-18-34(19-13-31)45-37-20-26(37)21-40/h4-19,26,35-37,40H,20-25H2,1-3H3. The molecule has 5 unspecified atom stereocenters. The molecule has 2 saturated heterocycles. The van der Waals surface area contributed by atoms with Crippen LogP contribution in [0.4, 0.5) is 0 Å². The Labute approximate surface area is 265 Å². The third kappa shape index (κ3) is 6.60. The highest BCUT2D eigenvalue weighted by molar-refractivity contribution is 5.53. The predicted octanol–water partition coefficient (Wildman–Crippen LogP) is 6.68. The van der Waals surface area contributed by atoms with Crippen LogP contribution >= 0.6 is 0 Å². The van der Waals surface area contributed by atoms with Crippen LogP contribution in [0.25, 0.3) is 0 Å². The van der Waals surface area contributed by atoms with E-state index in [9.17, 15) is 5.11 Å². The molecule has 5 atom stereocenters. The van der Waals surface area contributed by atoms with Gasteiger partial charge in [-0.15, -0.1) is 0 Å². The van der Waals surface area contributed by atoms with Gasteiger partial charge < -0.3 is 28.8 Å². The lowest BCUT2D eigenvalue weighted by Gasteiger charge is -2.33. The third-order valence-electron chi connectivity index (χ3n) is 9.68. The summed E-state index contributed by atoms with van der Waals surface area (Å²) in [4.78, 5) is 0. The van der Waals surface area contributed by atoms with Crippen molar-refractivity contribution < 1.29 is 28.8 Å². The second-order valence-electron chi connectivity index (χ2n) is 13.3. The fourth-order valence-electron chi connectivity index (χ4n) is 6.04. The molecule has 2 heterocycles. The van der Waals surface area contributed by atoms with Crippen LogP contribution in [0.5, 0.6) is 17.2 Å². The zero-order chi connectivity index (χ0) is 31.0. The summed E-state index contributed by atoms with van der Waals surface area (Å²) in [6, 6.07) is 34.3. The van der Waals surface area contributed by atoms with Crippen molar-refractivity contribution in [2.24, 2.45) is 5.92 Å². The van der Waals surface area contributed by atoms with Crippen molar-refractivity contribution in [3.63, 3.8) is 0 Å². The Hall–Kier alpha value is -3.84. The van der Waals surface area contributed by atoms with Crippen LogP contribution < -0.4 is 14.2 Å². The minimum absolute atomic E-state index is 0.109. The molecule has 6 heteroatoms. The molecule has 7 rings (SSSR count). The van der Waals surface area contributed by atoms with Gasteiger partial charge in [-0.3, -0.25) is 0 Å². The normalized spacial score (nSPS) is 23.1. The third-order valence-corrected chi connectivity index (χ3v) is 9.68. The number of epoxide rings is 2. The Kier molecular flexibility index (Phi) is 8.07. The van der Waals surface area contributed by atoms with Gasteiger partial charge in [-0.1, -0.05) is 74.5 Å². The fourth-order valence-corrected chi connectivity index (χ4v) is 6.04. The maximum Gasteiger partial charge on any atom is 0.119 e. The van der Waals surface area contributed by atoms with Gasteiger partial charge in [0.25, 0.3) is 0 Å². The molecule has 234 valence electrons. The van der Waals surface area contributed by atoms with Crippen molar-refractivity contribution in [3.05, 3.63) is 125 Å². The topological polar surface area (TPSA) is 73.0 Å². The minimum Gasteiger partial charge on any atom is -0.491 e. The lowest BCUT2D eigenvalue weighted by molar-refractivity contribution is 0.224. The number of hydrogen-bond acceptors (Lipinski definition) is 6. The molecule has 4 aromatic carbocycles. The van der Waals surface area contributed by atoms with Gasteiger partial charge in [0, 0.05) is 23.4 Å². The SMILES string of the molecule is CC(C)(c1ccc(OCC2CO2)cc1)c1ccc(C(C)(c2ccc(OCC3CO3)cc2)c2ccc(OC3CC3CO)cc2)cc1. The van der Waals surface area contributed by atoms with Gasteiger partial charge in [-0.25, -0.2) is 0 Å². The number of benzene rings is 4. The van der Waals surface area contributed by atoms with Gasteiger partial charge in [0.2, 0.25) is 0 Å². The average molecular weight is 607 g/mol. The van der Waals surface area contributed by atoms with Gasteiger partial charge in [-0.2, -0.15) is 0 Å². The Morgan fingerprint density at radius 3 is 1.38 bits per heavy atom. The van der Waals surface area contributed by atoms with Crippen molar-refractivity contribution in [3.8, 4) is 17.2 Å². The molecule has 1 N–H and O–H groups in total. The summed E-state index contributed by atoms with van der Waals surface area (Å²) in [5.74, 6) is 2.80. The number of rotatable bonds is 14. The predicted molar refractivity (Wildman–Crippen MR) is 174 cm³/mol. The van der Waals surface area contributed by atoms with Crippen LogP contribution in [-0.4, -0.2) is 56.5 Å². The maximum atomic E-state index is 9.42. The van der Waals surface area contributed by atoms with Crippen molar-refractivity contribution in [2.75, 3.05) is 33.0 Å². The first kappa shape index (κ1) is 29.8. The molecular weight excluding hydrogens is 564 g/mol. The van der Waals surface area contributed by atoms with Crippen molar-refractivity contribution >= 4 is 0 Å². The summed E-state index contributed by atoms with van der Waals surface area (Å²) < 4.78 is 28.5. The first-order chi connectivity index (χ1) is 21.8. The van der Waals surface area contributed by atoms with Gasteiger partial charge >= 0.3 is 0 Å². The summed E-state index contributed by atoms with van der Waals surface area (Å²) in [6.07, 6.45) is 1.48. The van der Waals surface area contributed by atoms with E-state index in [1.807, 2.05) is 0 Å². The molecule has 6 nitrogen and oxygen atoms in total. The van der Waals surface area contributed by atoms with E-state index in [4.69, 9.17) is 23.7 Å². The van der Waals surface area contributed by atoms with E-state index in [0.717, 1.165) is 36.9 Å². The monoisotopic (exact) mass is 606 g/mol. The Bertz CT molecular complexity index is 1570. The van der Waals surface area contributed by atoms with E-state index in [0.29, 0.717) is 13.2 Å². The summed E-state index contributed by atoms with van der Waals surface area (Å²) in [6.45, 7) is 9.75. The maximum absolute atomic E-state index is 9.42. The zero-order valence-electron chi connectivity index (χ0n) is 26.3. The molecular formula is C39H42O6. The van der Waals surface area contributed by atoms with E-state index in [-0.39, 0.29) is 36.3 Å². The molecule has 4 aromatic rings. The molecule has 1 saturated carbocycles. The van der Waals surface area contributed by atoms with Crippen LogP contribution in [0.3, 0.4) is 0 Å². The Balaban J connectivity index is 1.15. The molecule has 0 bridgehead atoms. The van der Waals surface area contributed by atoms with Crippen LogP contribution in [0.1, 0.15) is 55.0 Å². The fraction of sp³-hybridized carbons (Fsp3) is 0.385. The van der Waals surface area contributed by atoms with E-state index in [1.165, 1.54) is 27.8 Å². The molecule has 0 radical (unpaired) electrons. The van der Waals surface area contributed by atoms with E-state index in [2.05, 4.69) is 118 Å². The lowest BCUT2D eigenvalue weighted by atomic mass is 9.70. The second kappa shape index (κ2) is 12.2. The minimum atomic E-state index is -0.420. The van der Waals surface area contributed by atoms with Crippen LogP contribution in [0.2, 0.25) is 0 Å². The Morgan fingerprint density at radius 2 is 0.978 bits per heavy atom. The highest BCUT2D eigenvalue weighted by atomic mass is 16.6. The average Bonchev–Trinajstić information content (AvgIpc) is 3.94. The molecule has 2 aliphatic heterocycles. The molecule has 3 aliphatic rings. The van der Waals surface area contributed by atoms with Gasteiger partial charge in [-0.05, 0) is 77.6 Å². The smallest absolute Gasteiger partial charge is 0.119 e. The van der Waals surface area contributed by atoms with Crippen molar-refractivity contribution in [2.45, 2.75) is 56.3 Å². The van der Waals surface area contributed by atoms with E-state index >= 15 is 0 Å². The first-order valence-electron chi connectivity index (χ1n) is 16.0. The van der Waals surface area contributed by atoms with E-state index in [1.54, 1.807) is 0 Å². The summed E-state index contributed by atoms with van der Waals surface area (Å²) in [7, 11) is 0. The van der Waals surface area contributed by atoms with Gasteiger partial charge in [0.15, 0.2) is 0 Å². The number of ether oxygens (including phenoxy) is 5. The number of aliphatic hydroxyl groups excluding tert-OH is 1. The molecule has 0 spiro atoms. The van der Waals surface area contributed by atoms with Crippen molar-refractivity contribution in [1.29, 1.82) is 0 Å². The van der Waals surface area contributed by atoms with Crippen molar-refractivity contribution in [1.82, 2.24) is 0 Å². The quantitative estimate of drug-likeness (QED) is 0.128. The Morgan fingerprint density at radius 1 is 0.600 bits per heavy atom. The highest BCUT2D eigenvalue weighted by Crippen LogP contribution is 2.42. The zero-order valence-corrected chi connectivity index (χ0v) is 26.3. The largest absolute Gasteiger partial charge is 0.491 e. The van der Waals surface area contributed by atoms with Gasteiger partial charge in [0.05, 0.1) is 13.2 Å². The second-order valence-corrected chi connectivity index (χ2v) is 13.3. The first-order valence-corrected chi connectivity index (χ1v) is 16.0. The van der Waals surface area contributed by atoms with E-state index < -0.39 is 5.41 Å². The van der Waals surface area contributed by atoms with Crippen LogP contribution in [-0.2, 0) is 20.3 Å². The highest BCUT2D eigenvalue weighted by Gasteiger charge is 2.39. The molecule has 3 fully saturated rings. The molecule has 45 heavy (non-hydrogen) atoms.